The average molecular weight is 298 g/mol. The number of nitrogens with two attached hydrogens (primary N) is 1. The number of hydrogen-bond donors (Lipinski definition) is 2. The molecule has 1 aromatic heterocycles. The second-order valence-corrected chi connectivity index (χ2v) is 5.21. The summed E-state index contributed by atoms with van der Waals surface area (Å²) in [5, 5.41) is 3.10. The molecule has 0 amide bonds. The number of hydrogen-bond acceptors (Lipinski definition) is 3. The van der Waals surface area contributed by atoms with Gasteiger partial charge in [-0.1, -0.05) is 26.0 Å². The van der Waals surface area contributed by atoms with Crippen molar-refractivity contribution in [2.75, 3.05) is 18.5 Å². The van der Waals surface area contributed by atoms with Gasteiger partial charge in [-0.05, 0) is 35.7 Å². The Morgan fingerprint density at radius 3 is 2.91 bits per heavy atom. The number of ether oxygens (including phenoxy) is 1. The van der Waals surface area contributed by atoms with Crippen molar-refractivity contribution in [3.63, 3.8) is 0 Å². The van der Waals surface area contributed by atoms with Gasteiger partial charge in [0.05, 0.1) is 12.7 Å². The zero-order chi connectivity index (χ0) is 15.8. The van der Waals surface area contributed by atoms with Gasteiger partial charge in [-0.25, -0.2) is 4.99 Å². The minimum atomic E-state index is 0.385. The second-order valence-electron chi connectivity index (χ2n) is 5.21. The van der Waals surface area contributed by atoms with E-state index in [4.69, 9.17) is 10.5 Å². The molecular weight excluding hydrogens is 276 g/mol. The van der Waals surface area contributed by atoms with Crippen molar-refractivity contribution in [1.82, 2.24) is 4.98 Å². The molecule has 1 heterocycles. The highest BCUT2D eigenvalue weighted by molar-refractivity contribution is 5.92. The summed E-state index contributed by atoms with van der Waals surface area (Å²) in [5.74, 6) is 1.59. The molecule has 5 nitrogen and oxygen atoms in total. The Balaban J connectivity index is 1.81. The number of rotatable bonds is 6. The molecule has 0 saturated carbocycles. The first-order valence-electron chi connectivity index (χ1n) is 7.35. The van der Waals surface area contributed by atoms with Crippen LogP contribution in [0.25, 0.3) is 0 Å². The molecule has 0 aliphatic rings. The lowest BCUT2D eigenvalue weighted by atomic mass is 10.0. The van der Waals surface area contributed by atoms with Crippen LogP contribution in [-0.4, -0.2) is 24.1 Å². The zero-order valence-electron chi connectivity index (χ0n) is 13.0. The predicted octanol–water partition coefficient (Wildman–Crippen LogP) is 3.01. The van der Waals surface area contributed by atoms with Gasteiger partial charge < -0.3 is 15.8 Å². The van der Waals surface area contributed by atoms with Crippen molar-refractivity contribution in [3.8, 4) is 5.75 Å². The maximum Gasteiger partial charge on any atom is 0.193 e. The standard InChI is InChI=1S/C17H22N4O/c1-13(2)14-5-3-6-15(11-14)21-17(18)20-9-10-22-16-7-4-8-19-12-16/h3-8,11-13H,9-10H2,1-2H3,(H3,18,20,21). The topological polar surface area (TPSA) is 72.5 Å². The highest BCUT2D eigenvalue weighted by Crippen LogP contribution is 2.18. The number of pyridine rings is 1. The summed E-state index contributed by atoms with van der Waals surface area (Å²) in [6, 6.07) is 11.9. The summed E-state index contributed by atoms with van der Waals surface area (Å²) < 4.78 is 5.50. The minimum Gasteiger partial charge on any atom is -0.490 e. The molecule has 0 saturated heterocycles. The smallest absolute Gasteiger partial charge is 0.193 e. The monoisotopic (exact) mass is 298 g/mol. The van der Waals surface area contributed by atoms with E-state index in [2.05, 4.69) is 41.3 Å². The molecule has 2 rings (SSSR count). The van der Waals surface area contributed by atoms with Crippen molar-refractivity contribution < 1.29 is 4.74 Å². The zero-order valence-corrected chi connectivity index (χ0v) is 13.0. The number of nitrogens with zero attached hydrogens (tertiary/aromatic N) is 2. The lowest BCUT2D eigenvalue weighted by molar-refractivity contribution is 0.327. The minimum absolute atomic E-state index is 0.385. The average Bonchev–Trinajstić information content (AvgIpc) is 2.53. The summed E-state index contributed by atoms with van der Waals surface area (Å²) in [4.78, 5) is 8.23. The van der Waals surface area contributed by atoms with Crippen LogP contribution in [0.15, 0.2) is 53.8 Å². The second kappa shape index (κ2) is 8.02. The molecule has 1 aromatic carbocycles. The number of guanidine groups is 1. The first-order chi connectivity index (χ1) is 10.6. The summed E-state index contributed by atoms with van der Waals surface area (Å²) >= 11 is 0. The van der Waals surface area contributed by atoms with Gasteiger partial charge in [-0.2, -0.15) is 0 Å². The van der Waals surface area contributed by atoms with Crippen LogP contribution in [0, 0.1) is 0 Å². The molecular formula is C17H22N4O. The molecule has 2 aromatic rings. The van der Waals surface area contributed by atoms with Crippen LogP contribution in [0.1, 0.15) is 25.3 Å². The Morgan fingerprint density at radius 2 is 2.18 bits per heavy atom. The van der Waals surface area contributed by atoms with Crippen LogP contribution in [-0.2, 0) is 0 Å². The van der Waals surface area contributed by atoms with Crippen molar-refractivity contribution in [1.29, 1.82) is 0 Å². The summed E-state index contributed by atoms with van der Waals surface area (Å²) in [6.45, 7) is 5.26. The fourth-order valence-corrected chi connectivity index (χ4v) is 1.93. The van der Waals surface area contributed by atoms with E-state index in [0.717, 1.165) is 11.4 Å². The van der Waals surface area contributed by atoms with E-state index in [9.17, 15) is 0 Å². The van der Waals surface area contributed by atoms with Gasteiger partial charge in [0.15, 0.2) is 5.96 Å². The number of aliphatic imine (C=N–C) groups is 1. The molecule has 3 N–H and O–H groups in total. The van der Waals surface area contributed by atoms with Crippen molar-refractivity contribution >= 4 is 11.6 Å². The molecule has 116 valence electrons. The van der Waals surface area contributed by atoms with Crippen molar-refractivity contribution in [2.24, 2.45) is 10.7 Å². The SMILES string of the molecule is CC(C)c1cccc(NC(N)=NCCOc2cccnc2)c1. The van der Waals surface area contributed by atoms with Crippen LogP contribution < -0.4 is 15.8 Å². The fourth-order valence-electron chi connectivity index (χ4n) is 1.93. The first-order valence-corrected chi connectivity index (χ1v) is 7.35. The van der Waals surface area contributed by atoms with Gasteiger partial charge in [-0.15, -0.1) is 0 Å². The number of benzene rings is 1. The summed E-state index contributed by atoms with van der Waals surface area (Å²) in [5.41, 5.74) is 8.09. The van der Waals surface area contributed by atoms with Crippen LogP contribution in [0.2, 0.25) is 0 Å². The van der Waals surface area contributed by atoms with E-state index in [1.54, 1.807) is 12.4 Å². The third-order valence-corrected chi connectivity index (χ3v) is 3.10. The highest BCUT2D eigenvalue weighted by atomic mass is 16.5. The normalized spacial score (nSPS) is 11.5. The largest absolute Gasteiger partial charge is 0.490 e. The van der Waals surface area contributed by atoms with E-state index in [1.807, 2.05) is 24.3 Å². The Labute approximate surface area is 131 Å². The third kappa shape index (κ3) is 5.09. The van der Waals surface area contributed by atoms with E-state index in [0.29, 0.717) is 25.0 Å². The number of aromatic nitrogens is 1. The van der Waals surface area contributed by atoms with Gasteiger partial charge in [0.1, 0.15) is 12.4 Å². The van der Waals surface area contributed by atoms with E-state index < -0.39 is 0 Å². The van der Waals surface area contributed by atoms with Crippen LogP contribution in [0.5, 0.6) is 5.75 Å². The predicted molar refractivity (Wildman–Crippen MR) is 90.4 cm³/mol. The van der Waals surface area contributed by atoms with Gasteiger partial charge in [0.25, 0.3) is 0 Å². The molecule has 0 unspecified atom stereocenters. The molecule has 0 bridgehead atoms. The van der Waals surface area contributed by atoms with E-state index in [1.165, 1.54) is 5.56 Å². The molecule has 0 spiro atoms. The van der Waals surface area contributed by atoms with Gasteiger partial charge in [-0.3, -0.25) is 4.98 Å². The number of anilines is 1. The van der Waals surface area contributed by atoms with Gasteiger partial charge in [0, 0.05) is 11.9 Å². The molecule has 0 radical (unpaired) electrons. The van der Waals surface area contributed by atoms with Crippen LogP contribution in [0.3, 0.4) is 0 Å². The van der Waals surface area contributed by atoms with Crippen LogP contribution >= 0.6 is 0 Å². The molecule has 0 aliphatic carbocycles. The molecule has 0 fully saturated rings. The Morgan fingerprint density at radius 1 is 1.32 bits per heavy atom. The van der Waals surface area contributed by atoms with E-state index >= 15 is 0 Å². The third-order valence-electron chi connectivity index (χ3n) is 3.10. The maximum atomic E-state index is 5.88. The van der Waals surface area contributed by atoms with Gasteiger partial charge in [0.2, 0.25) is 0 Å². The van der Waals surface area contributed by atoms with Crippen molar-refractivity contribution in [3.05, 3.63) is 54.4 Å². The summed E-state index contributed by atoms with van der Waals surface area (Å²) in [6.07, 6.45) is 3.38. The fraction of sp³-hybridized carbons (Fsp3) is 0.294. The first kappa shape index (κ1) is 15.8. The van der Waals surface area contributed by atoms with E-state index in [-0.39, 0.29) is 0 Å². The summed E-state index contributed by atoms with van der Waals surface area (Å²) in [7, 11) is 0. The lowest BCUT2D eigenvalue weighted by Gasteiger charge is -2.10. The molecule has 5 heteroatoms. The van der Waals surface area contributed by atoms with Crippen molar-refractivity contribution in [2.45, 2.75) is 19.8 Å². The molecule has 22 heavy (non-hydrogen) atoms. The maximum absolute atomic E-state index is 5.88. The lowest BCUT2D eigenvalue weighted by Crippen LogP contribution is -2.23. The quantitative estimate of drug-likeness (QED) is 0.488. The Hall–Kier alpha value is -2.56. The van der Waals surface area contributed by atoms with Crippen LogP contribution in [0.4, 0.5) is 5.69 Å². The highest BCUT2D eigenvalue weighted by Gasteiger charge is 2.01. The molecule has 0 atom stereocenters. The number of nitrogens with one attached hydrogen (secondary N) is 1. The Kier molecular flexibility index (Phi) is 5.77. The molecule has 0 aliphatic heterocycles. The van der Waals surface area contributed by atoms with Gasteiger partial charge >= 0.3 is 0 Å². The Bertz CT molecular complexity index is 611.